The molecule has 0 heterocycles. The summed E-state index contributed by atoms with van der Waals surface area (Å²) in [4.78, 5) is 14.2. The first-order chi connectivity index (χ1) is 17.7. The molecular weight excluding hydrogens is 481 g/mol. The molecule has 0 aromatic heterocycles. The van der Waals surface area contributed by atoms with Crippen LogP contribution in [0, 0.1) is 5.92 Å². The number of rotatable bonds is 11. The molecule has 0 spiro atoms. The molecule has 4 atom stereocenters. The minimum atomic E-state index is -4.44. The van der Waals surface area contributed by atoms with Gasteiger partial charge in [-0.2, -0.15) is 13.2 Å². The number of aliphatic hydroxyl groups excluding tert-OH is 1. The fourth-order valence-electron chi connectivity index (χ4n) is 5.38. The normalized spacial score (nSPS) is 21.9. The monoisotopic (exact) mass is 518 g/mol. The second-order valence-corrected chi connectivity index (χ2v) is 10.4. The third-order valence-electron chi connectivity index (χ3n) is 7.51. The molecule has 4 rings (SSSR count). The summed E-state index contributed by atoms with van der Waals surface area (Å²) in [5.74, 6) is -0.0869. The van der Waals surface area contributed by atoms with Crippen LogP contribution in [0.4, 0.5) is 13.2 Å². The highest BCUT2D eigenvalue weighted by Crippen LogP contribution is 2.40. The lowest BCUT2D eigenvalue weighted by Crippen LogP contribution is -2.41. The molecule has 2 aliphatic rings. The summed E-state index contributed by atoms with van der Waals surface area (Å²) in [5.41, 5.74) is 3.24. The van der Waals surface area contributed by atoms with Crippen molar-refractivity contribution in [3.63, 3.8) is 0 Å². The van der Waals surface area contributed by atoms with Crippen LogP contribution in [0.5, 0.6) is 0 Å². The Hall–Kier alpha value is -2.42. The predicted octanol–water partition coefficient (Wildman–Crippen LogP) is 5.70. The van der Waals surface area contributed by atoms with Crippen LogP contribution in [0.1, 0.15) is 74.1 Å². The van der Waals surface area contributed by atoms with Crippen molar-refractivity contribution in [2.24, 2.45) is 5.92 Å². The van der Waals surface area contributed by atoms with Gasteiger partial charge in [-0.3, -0.25) is 10.1 Å². The third kappa shape index (κ3) is 8.03. The van der Waals surface area contributed by atoms with E-state index in [0.717, 1.165) is 49.7 Å². The van der Waals surface area contributed by atoms with E-state index in [0.29, 0.717) is 6.54 Å². The average Bonchev–Trinajstić information content (AvgIpc) is 3.72. The van der Waals surface area contributed by atoms with Gasteiger partial charge in [0.1, 0.15) is 19.4 Å². The quantitative estimate of drug-likeness (QED) is 0.375. The summed E-state index contributed by atoms with van der Waals surface area (Å²) >= 11 is 0. The van der Waals surface area contributed by atoms with E-state index in [1.54, 1.807) is 4.90 Å². The molecular formula is C29H37F3N2O3. The first-order valence-corrected chi connectivity index (χ1v) is 13.2. The lowest BCUT2D eigenvalue weighted by molar-refractivity contribution is -0.178. The number of amides is 1. The molecule has 0 aliphatic heterocycles. The maximum Gasteiger partial charge on any atom is 0.411 e. The van der Waals surface area contributed by atoms with Gasteiger partial charge in [0.15, 0.2) is 0 Å². The zero-order valence-electron chi connectivity index (χ0n) is 21.3. The van der Waals surface area contributed by atoms with Gasteiger partial charge < -0.3 is 14.7 Å². The highest BCUT2D eigenvalue weighted by atomic mass is 19.4. The fourth-order valence-corrected chi connectivity index (χ4v) is 5.38. The maximum absolute atomic E-state index is 12.5. The maximum atomic E-state index is 12.5. The first-order valence-electron chi connectivity index (χ1n) is 13.2. The Morgan fingerprint density at radius 3 is 2.38 bits per heavy atom. The van der Waals surface area contributed by atoms with E-state index in [1.807, 2.05) is 30.3 Å². The Morgan fingerprint density at radius 1 is 1.05 bits per heavy atom. The van der Waals surface area contributed by atoms with Gasteiger partial charge in [-0.05, 0) is 55.2 Å². The number of nitrogens with zero attached hydrogens (tertiary/aromatic N) is 1. The highest BCUT2D eigenvalue weighted by molar-refractivity contribution is 5.78. The fraction of sp³-hybridized carbons (Fsp3) is 0.552. The molecule has 1 amide bonds. The molecule has 5 nitrogen and oxygen atoms in total. The number of ether oxygens (including phenoxy) is 1. The molecule has 2 N–H and O–H groups in total. The largest absolute Gasteiger partial charge is 0.411 e. The van der Waals surface area contributed by atoms with E-state index in [2.05, 4.69) is 41.2 Å². The Morgan fingerprint density at radius 2 is 1.73 bits per heavy atom. The van der Waals surface area contributed by atoms with Crippen LogP contribution in [-0.4, -0.2) is 47.6 Å². The van der Waals surface area contributed by atoms with Gasteiger partial charge in [-0.15, -0.1) is 0 Å². The third-order valence-corrected chi connectivity index (χ3v) is 7.51. The number of carbonyl (C=O) groups is 1. The van der Waals surface area contributed by atoms with Crippen LogP contribution < -0.4 is 5.32 Å². The van der Waals surface area contributed by atoms with Crippen molar-refractivity contribution in [1.82, 2.24) is 10.2 Å². The molecule has 2 aliphatic carbocycles. The van der Waals surface area contributed by atoms with Gasteiger partial charge >= 0.3 is 6.18 Å². The lowest BCUT2D eigenvalue weighted by Gasteiger charge is -2.36. The van der Waals surface area contributed by atoms with Crippen LogP contribution >= 0.6 is 0 Å². The number of benzene rings is 2. The second-order valence-electron chi connectivity index (χ2n) is 10.4. The smallest absolute Gasteiger partial charge is 0.378 e. The van der Waals surface area contributed by atoms with Crippen LogP contribution in [0.25, 0.3) is 0 Å². The first kappa shape index (κ1) is 27.6. The molecule has 1 unspecified atom stereocenters. The summed E-state index contributed by atoms with van der Waals surface area (Å²) in [7, 11) is 0. The molecule has 0 saturated heterocycles. The molecule has 0 radical (unpaired) electrons. The molecule has 2 saturated carbocycles. The summed E-state index contributed by atoms with van der Waals surface area (Å²) in [6.07, 6.45) is 0.812. The zero-order valence-corrected chi connectivity index (χ0v) is 21.3. The van der Waals surface area contributed by atoms with Gasteiger partial charge in [0.2, 0.25) is 5.91 Å². The summed E-state index contributed by atoms with van der Waals surface area (Å²) in [6.45, 7) is 0.432. The van der Waals surface area contributed by atoms with E-state index in [4.69, 9.17) is 0 Å². The zero-order chi connectivity index (χ0) is 26.4. The van der Waals surface area contributed by atoms with Crippen LogP contribution in [0.3, 0.4) is 0 Å². The van der Waals surface area contributed by atoms with Crippen molar-refractivity contribution < 1.29 is 27.8 Å². The summed E-state index contributed by atoms with van der Waals surface area (Å²) < 4.78 is 41.7. The van der Waals surface area contributed by atoms with Gasteiger partial charge in [0, 0.05) is 24.5 Å². The minimum absolute atomic E-state index is 0.0345. The van der Waals surface area contributed by atoms with E-state index in [1.165, 1.54) is 5.56 Å². The Labute approximate surface area is 217 Å². The SMILES string of the molecule is C[C@H](NC(O)[C@H]1CCCC[C@@H]1c1ccc(CN(C(=O)COCC(F)(F)F)C2CC2)cc1)c1ccccc1. The van der Waals surface area contributed by atoms with Gasteiger partial charge in [-0.1, -0.05) is 67.4 Å². The molecule has 37 heavy (non-hydrogen) atoms. The molecule has 0 bridgehead atoms. The van der Waals surface area contributed by atoms with Crippen molar-refractivity contribution in [1.29, 1.82) is 0 Å². The average molecular weight is 519 g/mol. The number of halogens is 3. The van der Waals surface area contributed by atoms with Crippen LogP contribution in [0.2, 0.25) is 0 Å². The van der Waals surface area contributed by atoms with Crippen LogP contribution in [-0.2, 0) is 16.1 Å². The molecule has 202 valence electrons. The van der Waals surface area contributed by atoms with Crippen molar-refractivity contribution in [2.75, 3.05) is 13.2 Å². The van der Waals surface area contributed by atoms with Gasteiger partial charge in [0.25, 0.3) is 0 Å². The van der Waals surface area contributed by atoms with Gasteiger partial charge in [0.05, 0.1) is 0 Å². The summed E-state index contributed by atoms with van der Waals surface area (Å²) in [5, 5.41) is 14.5. The Balaban J connectivity index is 1.37. The van der Waals surface area contributed by atoms with E-state index in [9.17, 15) is 23.1 Å². The molecule has 8 heteroatoms. The lowest BCUT2D eigenvalue weighted by atomic mass is 9.74. The highest BCUT2D eigenvalue weighted by Gasteiger charge is 2.35. The van der Waals surface area contributed by atoms with Crippen molar-refractivity contribution >= 4 is 5.91 Å². The number of alkyl halides is 3. The standard InChI is InChI=1S/C29H37F3N2O3/c1-20(22-7-3-2-4-8-22)33-28(36)26-10-6-5-9-25(26)23-13-11-21(12-14-23)17-34(24-15-16-24)27(35)18-37-19-29(30,31)32/h2-4,7-8,11-14,20,24-26,28,33,36H,5-6,9-10,15-19H2,1H3/t20-,25+,26-,28?/m0/s1. The van der Waals surface area contributed by atoms with Crippen molar-refractivity contribution in [2.45, 2.75) is 82.4 Å². The molecule has 2 aromatic rings. The Bertz CT molecular complexity index is 996. The second kappa shape index (κ2) is 12.4. The number of aliphatic hydroxyl groups is 1. The number of hydrogen-bond acceptors (Lipinski definition) is 4. The molecule has 2 aromatic carbocycles. The predicted molar refractivity (Wildman–Crippen MR) is 136 cm³/mol. The van der Waals surface area contributed by atoms with Crippen molar-refractivity contribution in [3.05, 3.63) is 71.3 Å². The number of carbonyl (C=O) groups excluding carboxylic acids is 1. The number of hydrogen-bond donors (Lipinski definition) is 2. The van der Waals surface area contributed by atoms with E-state index in [-0.39, 0.29) is 23.9 Å². The Kier molecular flexibility index (Phi) is 9.27. The van der Waals surface area contributed by atoms with Gasteiger partial charge in [-0.25, -0.2) is 0 Å². The van der Waals surface area contributed by atoms with E-state index < -0.39 is 31.5 Å². The summed E-state index contributed by atoms with van der Waals surface area (Å²) in [6, 6.07) is 18.3. The van der Waals surface area contributed by atoms with E-state index >= 15 is 0 Å². The number of nitrogens with one attached hydrogen (secondary N) is 1. The topological polar surface area (TPSA) is 61.8 Å². The minimum Gasteiger partial charge on any atom is -0.378 e. The van der Waals surface area contributed by atoms with Crippen LogP contribution in [0.15, 0.2) is 54.6 Å². The van der Waals surface area contributed by atoms with Crippen molar-refractivity contribution in [3.8, 4) is 0 Å². The molecule has 2 fully saturated rings.